The molecule has 0 aromatic heterocycles. The fourth-order valence-corrected chi connectivity index (χ4v) is 3.97. The van der Waals surface area contributed by atoms with Gasteiger partial charge in [0.15, 0.2) is 0 Å². The first kappa shape index (κ1) is 12.7. The number of rotatable bonds is 2. The fraction of sp³-hybridized carbons (Fsp3) is 0.333. The zero-order valence-electron chi connectivity index (χ0n) is 11.2. The maximum atomic E-state index is 6.97. The molecule has 1 unspecified atom stereocenters. The summed E-state index contributed by atoms with van der Waals surface area (Å²) in [4.78, 5) is -0.192. The molecule has 0 bridgehead atoms. The van der Waals surface area contributed by atoms with Gasteiger partial charge in [-0.15, -0.1) is 11.6 Å². The van der Waals surface area contributed by atoms with E-state index in [2.05, 4.69) is 67.6 Å². The minimum Gasteiger partial charge on any atom is -0.118 e. The van der Waals surface area contributed by atoms with E-state index in [0.29, 0.717) is 11.8 Å². The Kier molecular flexibility index (Phi) is 3.36. The second kappa shape index (κ2) is 5.02. The van der Waals surface area contributed by atoms with Crippen molar-refractivity contribution in [2.75, 3.05) is 0 Å². The largest absolute Gasteiger partial charge is 0.118 e. The second-order valence-electron chi connectivity index (χ2n) is 5.66. The molecule has 1 aliphatic carbocycles. The highest BCUT2D eigenvalue weighted by atomic mass is 35.5. The molecule has 0 spiro atoms. The topological polar surface area (TPSA) is 0 Å². The van der Waals surface area contributed by atoms with Crippen LogP contribution in [0.3, 0.4) is 0 Å². The molecular weight excluding hydrogens is 252 g/mol. The van der Waals surface area contributed by atoms with Gasteiger partial charge in [-0.05, 0) is 30.9 Å². The standard InChI is InChI=1S/C18H19Cl/c1-18(19)16(14-8-4-2-5-9-14)12-13-17(18)15-10-6-3-7-11-15/h2-11,16-17H,12-13H2,1H3/t16-,17+,18?. The monoisotopic (exact) mass is 270 g/mol. The summed E-state index contributed by atoms with van der Waals surface area (Å²) in [6, 6.07) is 21.4. The first-order valence-electron chi connectivity index (χ1n) is 6.98. The molecule has 19 heavy (non-hydrogen) atoms. The Bertz CT molecular complexity index is 481. The quantitative estimate of drug-likeness (QED) is 0.646. The van der Waals surface area contributed by atoms with Crippen LogP contribution in [0.4, 0.5) is 0 Å². The lowest BCUT2D eigenvalue weighted by atomic mass is 9.82. The van der Waals surface area contributed by atoms with Crippen molar-refractivity contribution in [1.29, 1.82) is 0 Å². The predicted octanol–water partition coefficient (Wildman–Crippen LogP) is 5.35. The Labute approximate surface area is 120 Å². The molecule has 3 atom stereocenters. The molecular formula is C18H19Cl. The number of hydrogen-bond donors (Lipinski definition) is 0. The van der Waals surface area contributed by atoms with Crippen LogP contribution in [0.5, 0.6) is 0 Å². The summed E-state index contributed by atoms with van der Waals surface area (Å²) in [6.07, 6.45) is 2.34. The summed E-state index contributed by atoms with van der Waals surface area (Å²) in [7, 11) is 0. The average Bonchev–Trinajstić information content (AvgIpc) is 2.76. The molecule has 0 N–H and O–H groups in total. The highest BCUT2D eigenvalue weighted by Crippen LogP contribution is 2.54. The third kappa shape index (κ3) is 2.30. The van der Waals surface area contributed by atoms with Crippen LogP contribution < -0.4 is 0 Å². The molecule has 98 valence electrons. The minimum atomic E-state index is -0.192. The van der Waals surface area contributed by atoms with Crippen LogP contribution >= 0.6 is 11.6 Å². The van der Waals surface area contributed by atoms with Crippen LogP contribution in [-0.2, 0) is 0 Å². The van der Waals surface area contributed by atoms with Gasteiger partial charge in [-0.1, -0.05) is 60.7 Å². The lowest BCUT2D eigenvalue weighted by Gasteiger charge is -2.31. The van der Waals surface area contributed by atoms with Gasteiger partial charge in [0.1, 0.15) is 0 Å². The van der Waals surface area contributed by atoms with Gasteiger partial charge < -0.3 is 0 Å². The molecule has 0 heterocycles. The normalized spacial score (nSPS) is 30.4. The van der Waals surface area contributed by atoms with Gasteiger partial charge in [-0.2, -0.15) is 0 Å². The van der Waals surface area contributed by atoms with Crippen molar-refractivity contribution in [3.8, 4) is 0 Å². The molecule has 0 nitrogen and oxygen atoms in total. The van der Waals surface area contributed by atoms with Crippen LogP contribution in [0.1, 0.15) is 42.7 Å². The van der Waals surface area contributed by atoms with E-state index in [1.54, 1.807) is 0 Å². The number of halogens is 1. The van der Waals surface area contributed by atoms with Crippen molar-refractivity contribution in [3.05, 3.63) is 71.8 Å². The highest BCUT2D eigenvalue weighted by Gasteiger charge is 2.46. The van der Waals surface area contributed by atoms with E-state index in [4.69, 9.17) is 11.6 Å². The molecule has 3 rings (SSSR count). The summed E-state index contributed by atoms with van der Waals surface area (Å²) in [5.74, 6) is 0.890. The van der Waals surface area contributed by atoms with Crippen molar-refractivity contribution in [2.45, 2.75) is 36.5 Å². The Morgan fingerprint density at radius 2 is 1.16 bits per heavy atom. The summed E-state index contributed by atoms with van der Waals surface area (Å²) in [5, 5.41) is 0. The van der Waals surface area contributed by atoms with Crippen molar-refractivity contribution in [2.24, 2.45) is 0 Å². The van der Waals surface area contributed by atoms with E-state index >= 15 is 0 Å². The maximum absolute atomic E-state index is 6.97. The van der Waals surface area contributed by atoms with Crippen LogP contribution in [0, 0.1) is 0 Å². The van der Waals surface area contributed by atoms with E-state index in [1.807, 2.05) is 0 Å². The number of alkyl halides is 1. The molecule has 1 fully saturated rings. The summed E-state index contributed by atoms with van der Waals surface area (Å²) in [5.41, 5.74) is 2.75. The Morgan fingerprint density at radius 3 is 1.53 bits per heavy atom. The Hall–Kier alpha value is -1.27. The van der Waals surface area contributed by atoms with E-state index in [-0.39, 0.29) is 4.87 Å². The highest BCUT2D eigenvalue weighted by molar-refractivity contribution is 6.25. The predicted molar refractivity (Wildman–Crippen MR) is 81.9 cm³/mol. The van der Waals surface area contributed by atoms with Gasteiger partial charge in [0.05, 0.1) is 4.87 Å². The molecule has 1 aliphatic rings. The molecule has 1 saturated carbocycles. The second-order valence-corrected chi connectivity index (χ2v) is 6.47. The van der Waals surface area contributed by atoms with E-state index in [1.165, 1.54) is 24.0 Å². The van der Waals surface area contributed by atoms with Crippen LogP contribution in [0.15, 0.2) is 60.7 Å². The van der Waals surface area contributed by atoms with Gasteiger partial charge in [0, 0.05) is 11.8 Å². The Balaban J connectivity index is 1.92. The summed E-state index contributed by atoms with van der Waals surface area (Å²) < 4.78 is 0. The lowest BCUT2D eigenvalue weighted by molar-refractivity contribution is 0.523. The first-order chi connectivity index (χ1) is 9.19. The maximum Gasteiger partial charge on any atom is 0.0555 e. The first-order valence-corrected chi connectivity index (χ1v) is 7.36. The zero-order chi connectivity index (χ0) is 13.3. The summed E-state index contributed by atoms with van der Waals surface area (Å²) in [6.45, 7) is 2.21. The lowest BCUT2D eigenvalue weighted by Crippen LogP contribution is -2.27. The third-order valence-corrected chi connectivity index (χ3v) is 5.04. The van der Waals surface area contributed by atoms with Crippen LogP contribution in [0.2, 0.25) is 0 Å². The number of benzene rings is 2. The van der Waals surface area contributed by atoms with Crippen LogP contribution in [-0.4, -0.2) is 4.87 Å². The van der Waals surface area contributed by atoms with Gasteiger partial charge in [-0.25, -0.2) is 0 Å². The van der Waals surface area contributed by atoms with E-state index in [0.717, 1.165) is 0 Å². The van der Waals surface area contributed by atoms with Gasteiger partial charge in [-0.3, -0.25) is 0 Å². The zero-order valence-corrected chi connectivity index (χ0v) is 12.0. The van der Waals surface area contributed by atoms with Gasteiger partial charge in [0.2, 0.25) is 0 Å². The van der Waals surface area contributed by atoms with Crippen molar-refractivity contribution >= 4 is 11.6 Å². The van der Waals surface area contributed by atoms with Crippen molar-refractivity contribution in [3.63, 3.8) is 0 Å². The van der Waals surface area contributed by atoms with Gasteiger partial charge >= 0.3 is 0 Å². The molecule has 2 aromatic carbocycles. The Morgan fingerprint density at radius 1 is 0.789 bits per heavy atom. The smallest absolute Gasteiger partial charge is 0.0555 e. The molecule has 0 radical (unpaired) electrons. The molecule has 0 aliphatic heterocycles. The SMILES string of the molecule is CC1(Cl)[C@@H](c2ccccc2)CC[C@H]1c1ccccc1. The molecule has 1 heteroatoms. The van der Waals surface area contributed by atoms with Crippen molar-refractivity contribution < 1.29 is 0 Å². The van der Waals surface area contributed by atoms with Gasteiger partial charge in [0.25, 0.3) is 0 Å². The third-order valence-electron chi connectivity index (χ3n) is 4.51. The summed E-state index contributed by atoms with van der Waals surface area (Å²) >= 11 is 6.97. The average molecular weight is 271 g/mol. The van der Waals surface area contributed by atoms with E-state index < -0.39 is 0 Å². The van der Waals surface area contributed by atoms with E-state index in [9.17, 15) is 0 Å². The number of hydrogen-bond acceptors (Lipinski definition) is 0. The molecule has 0 amide bonds. The fourth-order valence-electron chi connectivity index (χ4n) is 3.50. The molecule has 2 aromatic rings. The molecule has 0 saturated heterocycles. The van der Waals surface area contributed by atoms with Crippen LogP contribution in [0.25, 0.3) is 0 Å². The minimum absolute atomic E-state index is 0.192. The van der Waals surface area contributed by atoms with Crippen molar-refractivity contribution in [1.82, 2.24) is 0 Å².